The molecule has 5 nitrogen and oxygen atoms in total. The zero-order chi connectivity index (χ0) is 15.8. The maximum atomic E-state index is 11.8. The first-order valence-corrected chi connectivity index (χ1v) is 7.05. The van der Waals surface area contributed by atoms with Crippen LogP contribution in [-0.2, 0) is 16.0 Å². The summed E-state index contributed by atoms with van der Waals surface area (Å²) >= 11 is 0. The van der Waals surface area contributed by atoms with Gasteiger partial charge in [-0.3, -0.25) is 4.79 Å². The number of ether oxygens (including phenoxy) is 1. The van der Waals surface area contributed by atoms with Crippen LogP contribution in [0.2, 0.25) is 0 Å². The number of carbonyl (C=O) groups excluding carboxylic acids is 2. The average molecular weight is 298 g/mol. The van der Waals surface area contributed by atoms with E-state index in [2.05, 4.69) is 10.6 Å². The summed E-state index contributed by atoms with van der Waals surface area (Å²) in [6, 6.07) is 15.9. The molecule has 114 valence electrons. The van der Waals surface area contributed by atoms with E-state index >= 15 is 0 Å². The third-order valence-corrected chi connectivity index (χ3v) is 2.90. The van der Waals surface area contributed by atoms with E-state index in [4.69, 9.17) is 4.74 Å². The van der Waals surface area contributed by atoms with Gasteiger partial charge < -0.3 is 15.4 Å². The fourth-order valence-corrected chi connectivity index (χ4v) is 1.90. The highest BCUT2D eigenvalue weighted by Gasteiger charge is 2.05. The van der Waals surface area contributed by atoms with E-state index in [1.165, 1.54) is 0 Å². The van der Waals surface area contributed by atoms with Gasteiger partial charge in [-0.05, 0) is 36.8 Å². The monoisotopic (exact) mass is 298 g/mol. The minimum absolute atomic E-state index is 0.227. The van der Waals surface area contributed by atoms with Crippen molar-refractivity contribution in [2.24, 2.45) is 0 Å². The Morgan fingerprint density at radius 3 is 2.09 bits per heavy atom. The molecule has 0 aliphatic rings. The van der Waals surface area contributed by atoms with Crippen molar-refractivity contribution in [3.05, 3.63) is 60.2 Å². The number of esters is 1. The van der Waals surface area contributed by atoms with Crippen molar-refractivity contribution in [1.82, 2.24) is 0 Å². The number of hydrogen-bond donors (Lipinski definition) is 2. The van der Waals surface area contributed by atoms with Crippen LogP contribution in [0, 0.1) is 0 Å². The van der Waals surface area contributed by atoms with E-state index in [1.54, 1.807) is 31.2 Å². The first-order valence-electron chi connectivity index (χ1n) is 7.05. The van der Waals surface area contributed by atoms with Gasteiger partial charge in [-0.15, -0.1) is 0 Å². The number of benzene rings is 2. The predicted molar refractivity (Wildman–Crippen MR) is 85.9 cm³/mol. The van der Waals surface area contributed by atoms with Crippen molar-refractivity contribution in [3.63, 3.8) is 0 Å². The Hall–Kier alpha value is -2.82. The lowest BCUT2D eigenvalue weighted by Gasteiger charge is -2.08. The molecule has 2 amide bonds. The normalized spacial score (nSPS) is 9.86. The molecule has 0 spiro atoms. The van der Waals surface area contributed by atoms with Crippen LogP contribution in [0.1, 0.15) is 12.5 Å². The molecule has 5 heteroatoms. The van der Waals surface area contributed by atoms with Gasteiger partial charge in [0.2, 0.25) is 0 Å². The number of amides is 2. The molecular formula is C17H18N2O3. The second kappa shape index (κ2) is 7.83. The predicted octanol–water partition coefficient (Wildman–Crippen LogP) is 3.44. The van der Waals surface area contributed by atoms with Crippen molar-refractivity contribution in [3.8, 4) is 0 Å². The summed E-state index contributed by atoms with van der Waals surface area (Å²) in [5, 5.41) is 5.46. The summed E-state index contributed by atoms with van der Waals surface area (Å²) < 4.78 is 4.89. The Bertz CT molecular complexity index is 624. The van der Waals surface area contributed by atoms with Crippen molar-refractivity contribution in [2.45, 2.75) is 13.3 Å². The maximum absolute atomic E-state index is 11.8. The van der Waals surface area contributed by atoms with Crippen LogP contribution < -0.4 is 10.6 Å². The Kier molecular flexibility index (Phi) is 5.54. The topological polar surface area (TPSA) is 67.4 Å². The zero-order valence-corrected chi connectivity index (χ0v) is 12.3. The van der Waals surface area contributed by atoms with E-state index in [0.717, 1.165) is 11.3 Å². The molecular weight excluding hydrogens is 280 g/mol. The summed E-state index contributed by atoms with van der Waals surface area (Å²) in [5.74, 6) is -0.259. The SMILES string of the molecule is CCOC(=O)Cc1ccc(NC(=O)Nc2ccccc2)cc1. The van der Waals surface area contributed by atoms with Crippen LogP contribution in [0.3, 0.4) is 0 Å². The number of para-hydroxylation sites is 1. The molecule has 2 aromatic carbocycles. The molecule has 0 heterocycles. The number of nitrogens with one attached hydrogen (secondary N) is 2. The van der Waals surface area contributed by atoms with Crippen LogP contribution in [0.25, 0.3) is 0 Å². The van der Waals surface area contributed by atoms with E-state index in [1.807, 2.05) is 30.3 Å². The number of rotatable bonds is 5. The Morgan fingerprint density at radius 2 is 1.50 bits per heavy atom. The lowest BCUT2D eigenvalue weighted by molar-refractivity contribution is -0.142. The standard InChI is InChI=1S/C17H18N2O3/c1-2-22-16(20)12-13-8-10-15(11-9-13)19-17(21)18-14-6-4-3-5-7-14/h3-11H,2,12H2,1H3,(H2,18,19,21). The molecule has 0 fully saturated rings. The highest BCUT2D eigenvalue weighted by Crippen LogP contribution is 2.12. The molecule has 2 aromatic rings. The largest absolute Gasteiger partial charge is 0.466 e. The van der Waals surface area contributed by atoms with Crippen LogP contribution in [0.4, 0.5) is 16.2 Å². The first kappa shape index (κ1) is 15.6. The number of urea groups is 1. The molecule has 0 aromatic heterocycles. The van der Waals surface area contributed by atoms with Crippen LogP contribution in [0.5, 0.6) is 0 Å². The van der Waals surface area contributed by atoms with Gasteiger partial charge in [0.15, 0.2) is 0 Å². The summed E-state index contributed by atoms with van der Waals surface area (Å²) in [5.41, 5.74) is 2.22. The third-order valence-electron chi connectivity index (χ3n) is 2.90. The van der Waals surface area contributed by atoms with E-state index in [-0.39, 0.29) is 18.4 Å². The zero-order valence-electron chi connectivity index (χ0n) is 12.3. The van der Waals surface area contributed by atoms with Gasteiger partial charge in [0.25, 0.3) is 0 Å². The van der Waals surface area contributed by atoms with Gasteiger partial charge >= 0.3 is 12.0 Å². The summed E-state index contributed by atoms with van der Waals surface area (Å²) in [7, 11) is 0. The lowest BCUT2D eigenvalue weighted by atomic mass is 10.1. The maximum Gasteiger partial charge on any atom is 0.323 e. The van der Waals surface area contributed by atoms with Gasteiger partial charge in [0.05, 0.1) is 13.0 Å². The second-order valence-corrected chi connectivity index (χ2v) is 4.62. The van der Waals surface area contributed by atoms with Crippen molar-refractivity contribution in [2.75, 3.05) is 17.2 Å². The smallest absolute Gasteiger partial charge is 0.323 e. The average Bonchev–Trinajstić information content (AvgIpc) is 2.50. The molecule has 0 radical (unpaired) electrons. The highest BCUT2D eigenvalue weighted by molar-refractivity contribution is 5.99. The van der Waals surface area contributed by atoms with Crippen molar-refractivity contribution >= 4 is 23.4 Å². The Balaban J connectivity index is 1.88. The van der Waals surface area contributed by atoms with Gasteiger partial charge in [-0.2, -0.15) is 0 Å². The number of hydrogen-bond acceptors (Lipinski definition) is 3. The molecule has 0 saturated carbocycles. The fourth-order valence-electron chi connectivity index (χ4n) is 1.90. The van der Waals surface area contributed by atoms with Gasteiger partial charge in [-0.25, -0.2) is 4.79 Å². The second-order valence-electron chi connectivity index (χ2n) is 4.62. The van der Waals surface area contributed by atoms with Crippen LogP contribution >= 0.6 is 0 Å². The number of carbonyl (C=O) groups is 2. The third kappa shape index (κ3) is 4.94. The Labute approximate surface area is 129 Å². The van der Waals surface area contributed by atoms with Gasteiger partial charge in [0, 0.05) is 11.4 Å². The van der Waals surface area contributed by atoms with Crippen molar-refractivity contribution in [1.29, 1.82) is 0 Å². The van der Waals surface area contributed by atoms with Gasteiger partial charge in [0.1, 0.15) is 0 Å². The Morgan fingerprint density at radius 1 is 0.909 bits per heavy atom. The molecule has 0 aliphatic carbocycles. The van der Waals surface area contributed by atoms with E-state index in [9.17, 15) is 9.59 Å². The fraction of sp³-hybridized carbons (Fsp3) is 0.176. The van der Waals surface area contributed by atoms with Gasteiger partial charge in [-0.1, -0.05) is 30.3 Å². The van der Waals surface area contributed by atoms with Crippen LogP contribution in [-0.4, -0.2) is 18.6 Å². The molecule has 0 atom stereocenters. The molecule has 0 bridgehead atoms. The van der Waals surface area contributed by atoms with Crippen molar-refractivity contribution < 1.29 is 14.3 Å². The first-order chi connectivity index (χ1) is 10.7. The quantitative estimate of drug-likeness (QED) is 0.831. The lowest BCUT2D eigenvalue weighted by Crippen LogP contribution is -2.19. The van der Waals surface area contributed by atoms with E-state index < -0.39 is 0 Å². The summed E-state index contributed by atoms with van der Waals surface area (Å²) in [6.45, 7) is 2.15. The molecule has 0 unspecified atom stereocenters. The highest BCUT2D eigenvalue weighted by atomic mass is 16.5. The molecule has 0 saturated heterocycles. The minimum Gasteiger partial charge on any atom is -0.466 e. The number of anilines is 2. The molecule has 2 rings (SSSR count). The van der Waals surface area contributed by atoms with Crippen LogP contribution in [0.15, 0.2) is 54.6 Å². The molecule has 0 aliphatic heterocycles. The minimum atomic E-state index is -0.315. The summed E-state index contributed by atoms with van der Waals surface area (Å²) in [6.07, 6.45) is 0.227. The molecule has 2 N–H and O–H groups in total. The van der Waals surface area contributed by atoms with E-state index in [0.29, 0.717) is 12.3 Å². The summed E-state index contributed by atoms with van der Waals surface area (Å²) in [4.78, 5) is 23.2. The molecule has 22 heavy (non-hydrogen) atoms.